The third-order valence-electron chi connectivity index (χ3n) is 1.90. The van der Waals surface area contributed by atoms with Crippen molar-refractivity contribution in [3.63, 3.8) is 0 Å². The Hall–Kier alpha value is -2.42. The molecule has 0 aliphatic rings. The monoisotopic (exact) mass is 270 g/mol. The summed E-state index contributed by atoms with van der Waals surface area (Å²) < 4.78 is 4.88. The zero-order valence-electron chi connectivity index (χ0n) is 9.28. The second kappa shape index (κ2) is 5.77. The quantitative estimate of drug-likeness (QED) is 0.314. The third kappa shape index (κ3) is 3.28. The lowest BCUT2D eigenvalue weighted by molar-refractivity contribution is -0.385. The van der Waals surface area contributed by atoms with Crippen LogP contribution in [0.2, 0.25) is 0 Å². The SMILES string of the molecule is COc1cc(/C=N\NC(N)=S)c(O)c([N+](=O)[O-])c1. The molecule has 8 nitrogen and oxygen atoms in total. The summed E-state index contributed by atoms with van der Waals surface area (Å²) in [6.45, 7) is 0. The number of hydrogen-bond acceptors (Lipinski definition) is 6. The molecule has 0 heterocycles. The maximum absolute atomic E-state index is 10.7. The van der Waals surface area contributed by atoms with Crippen LogP contribution < -0.4 is 15.9 Å². The highest BCUT2D eigenvalue weighted by atomic mass is 32.1. The number of hydrazone groups is 1. The molecule has 96 valence electrons. The number of ether oxygens (including phenoxy) is 1. The number of nitrogens with two attached hydrogens (primary N) is 1. The zero-order chi connectivity index (χ0) is 13.7. The summed E-state index contributed by atoms with van der Waals surface area (Å²) in [7, 11) is 1.35. The zero-order valence-corrected chi connectivity index (χ0v) is 10.1. The van der Waals surface area contributed by atoms with E-state index in [1.54, 1.807) is 0 Å². The summed E-state index contributed by atoms with van der Waals surface area (Å²) >= 11 is 4.52. The van der Waals surface area contributed by atoms with Gasteiger partial charge in [-0.05, 0) is 18.3 Å². The Kier molecular flexibility index (Phi) is 4.38. The minimum absolute atomic E-state index is 0.0665. The van der Waals surface area contributed by atoms with Crippen molar-refractivity contribution in [2.45, 2.75) is 0 Å². The van der Waals surface area contributed by atoms with E-state index in [0.29, 0.717) is 0 Å². The van der Waals surface area contributed by atoms with Crippen molar-refractivity contribution in [3.8, 4) is 11.5 Å². The van der Waals surface area contributed by atoms with Crippen LogP contribution in [-0.4, -0.2) is 28.5 Å². The predicted octanol–water partition coefficient (Wildman–Crippen LogP) is 0.476. The van der Waals surface area contributed by atoms with Crippen LogP contribution in [-0.2, 0) is 0 Å². The van der Waals surface area contributed by atoms with Gasteiger partial charge in [-0.25, -0.2) is 0 Å². The number of nitro benzene ring substituents is 1. The van der Waals surface area contributed by atoms with E-state index in [1.165, 1.54) is 13.2 Å². The van der Waals surface area contributed by atoms with Crippen molar-refractivity contribution in [1.29, 1.82) is 0 Å². The Morgan fingerprint density at radius 1 is 1.72 bits per heavy atom. The molecule has 0 radical (unpaired) electrons. The smallest absolute Gasteiger partial charge is 0.315 e. The molecule has 1 rings (SSSR count). The van der Waals surface area contributed by atoms with Gasteiger partial charge >= 0.3 is 5.69 Å². The van der Waals surface area contributed by atoms with Gasteiger partial charge in [0.25, 0.3) is 0 Å². The molecule has 9 heteroatoms. The fourth-order valence-corrected chi connectivity index (χ4v) is 1.19. The topological polar surface area (TPSA) is 123 Å². The van der Waals surface area contributed by atoms with E-state index in [2.05, 4.69) is 22.7 Å². The molecule has 1 aromatic carbocycles. The first kappa shape index (κ1) is 13.6. The van der Waals surface area contributed by atoms with E-state index in [9.17, 15) is 15.2 Å². The van der Waals surface area contributed by atoms with Gasteiger partial charge in [0.05, 0.1) is 24.3 Å². The van der Waals surface area contributed by atoms with E-state index >= 15 is 0 Å². The van der Waals surface area contributed by atoms with Crippen molar-refractivity contribution in [3.05, 3.63) is 27.8 Å². The van der Waals surface area contributed by atoms with Crippen LogP contribution in [0.15, 0.2) is 17.2 Å². The second-order valence-corrected chi connectivity index (χ2v) is 3.52. The van der Waals surface area contributed by atoms with Crippen LogP contribution in [0.25, 0.3) is 0 Å². The molecule has 0 saturated heterocycles. The maximum Gasteiger partial charge on any atom is 0.315 e. The van der Waals surface area contributed by atoms with Gasteiger partial charge in [0.2, 0.25) is 5.75 Å². The maximum atomic E-state index is 10.7. The molecule has 0 unspecified atom stereocenters. The first-order chi connectivity index (χ1) is 8.45. The van der Waals surface area contributed by atoms with E-state index < -0.39 is 16.4 Å². The molecule has 0 spiro atoms. The highest BCUT2D eigenvalue weighted by molar-refractivity contribution is 7.80. The van der Waals surface area contributed by atoms with Crippen LogP contribution >= 0.6 is 12.2 Å². The molecule has 4 N–H and O–H groups in total. The van der Waals surface area contributed by atoms with Gasteiger partial charge in [0, 0.05) is 5.56 Å². The van der Waals surface area contributed by atoms with E-state index in [1.807, 2.05) is 0 Å². The number of nitrogens with one attached hydrogen (secondary N) is 1. The Labute approximate surface area is 107 Å². The van der Waals surface area contributed by atoms with Crippen LogP contribution in [0.1, 0.15) is 5.56 Å². The molecule has 18 heavy (non-hydrogen) atoms. The van der Waals surface area contributed by atoms with E-state index in [-0.39, 0.29) is 16.4 Å². The van der Waals surface area contributed by atoms with E-state index in [4.69, 9.17) is 10.5 Å². The van der Waals surface area contributed by atoms with Gasteiger partial charge in [-0.3, -0.25) is 15.5 Å². The average molecular weight is 270 g/mol. The summed E-state index contributed by atoms with van der Waals surface area (Å²) in [5, 5.41) is 23.9. The van der Waals surface area contributed by atoms with Gasteiger partial charge in [-0.1, -0.05) is 0 Å². The number of nitrogens with zero attached hydrogens (tertiary/aromatic N) is 2. The summed E-state index contributed by atoms with van der Waals surface area (Å²) in [6.07, 6.45) is 1.14. The minimum Gasteiger partial charge on any atom is -0.502 e. The second-order valence-electron chi connectivity index (χ2n) is 3.08. The van der Waals surface area contributed by atoms with Crippen molar-refractivity contribution < 1.29 is 14.8 Å². The van der Waals surface area contributed by atoms with Gasteiger partial charge in [-0.2, -0.15) is 5.10 Å². The average Bonchev–Trinajstić information content (AvgIpc) is 2.30. The van der Waals surface area contributed by atoms with Gasteiger partial charge in [0.1, 0.15) is 5.75 Å². The molecular formula is C9H10N4O4S. The first-order valence-electron chi connectivity index (χ1n) is 4.59. The van der Waals surface area contributed by atoms with Crippen molar-refractivity contribution >= 4 is 29.2 Å². The predicted molar refractivity (Wildman–Crippen MR) is 68.8 cm³/mol. The Morgan fingerprint density at radius 3 is 2.89 bits per heavy atom. The summed E-state index contributed by atoms with van der Waals surface area (Å²) in [4.78, 5) is 9.99. The molecule has 0 fully saturated rings. The fraction of sp³-hybridized carbons (Fsp3) is 0.111. The Morgan fingerprint density at radius 2 is 2.39 bits per heavy atom. The minimum atomic E-state index is -0.726. The van der Waals surface area contributed by atoms with Crippen LogP contribution in [0.4, 0.5) is 5.69 Å². The summed E-state index contributed by atoms with van der Waals surface area (Å²) in [5.41, 5.74) is 7.03. The number of phenolic OH excluding ortho intramolecular Hbond substituents is 1. The standard InChI is InChI=1S/C9H10N4O4S/c1-17-6-2-5(4-11-12-9(10)18)8(14)7(3-6)13(15)16/h2-4,14H,1H3,(H3,10,12,18)/b11-4-. The number of rotatable bonds is 4. The molecule has 0 atom stereocenters. The Bertz CT molecular complexity index is 518. The lowest BCUT2D eigenvalue weighted by Crippen LogP contribution is -2.24. The summed E-state index contributed by atoms with van der Waals surface area (Å²) in [6, 6.07) is 2.49. The number of aromatic hydroxyl groups is 1. The number of hydrogen-bond donors (Lipinski definition) is 3. The van der Waals surface area contributed by atoms with Crippen LogP contribution in [0.3, 0.4) is 0 Å². The van der Waals surface area contributed by atoms with Crippen molar-refractivity contribution in [2.24, 2.45) is 10.8 Å². The lowest BCUT2D eigenvalue weighted by Gasteiger charge is -2.04. The Balaban J connectivity index is 3.17. The molecule has 0 aromatic heterocycles. The number of methoxy groups -OCH3 is 1. The van der Waals surface area contributed by atoms with Crippen LogP contribution in [0.5, 0.6) is 11.5 Å². The highest BCUT2D eigenvalue weighted by Gasteiger charge is 2.18. The number of benzene rings is 1. The number of thiocarbonyl (C=S) groups is 1. The molecular weight excluding hydrogens is 260 g/mol. The number of phenols is 1. The van der Waals surface area contributed by atoms with Crippen molar-refractivity contribution in [1.82, 2.24) is 5.43 Å². The number of nitro groups is 1. The first-order valence-corrected chi connectivity index (χ1v) is 5.00. The van der Waals surface area contributed by atoms with Gasteiger partial charge in [-0.15, -0.1) is 0 Å². The van der Waals surface area contributed by atoms with Crippen LogP contribution in [0, 0.1) is 10.1 Å². The lowest BCUT2D eigenvalue weighted by atomic mass is 10.1. The normalized spacial score (nSPS) is 10.3. The van der Waals surface area contributed by atoms with Gasteiger partial charge in [0.15, 0.2) is 5.11 Å². The fourth-order valence-electron chi connectivity index (χ4n) is 1.14. The molecule has 0 saturated carbocycles. The molecule has 0 amide bonds. The van der Waals surface area contributed by atoms with Gasteiger partial charge < -0.3 is 15.6 Å². The molecule has 0 aliphatic carbocycles. The molecule has 0 bridgehead atoms. The summed E-state index contributed by atoms with van der Waals surface area (Å²) in [5.74, 6) is -0.300. The molecule has 0 aliphatic heterocycles. The molecule has 1 aromatic rings. The third-order valence-corrected chi connectivity index (χ3v) is 1.99. The van der Waals surface area contributed by atoms with Crippen molar-refractivity contribution in [2.75, 3.05) is 7.11 Å². The highest BCUT2D eigenvalue weighted by Crippen LogP contribution is 2.33. The largest absolute Gasteiger partial charge is 0.502 e. The van der Waals surface area contributed by atoms with E-state index in [0.717, 1.165) is 12.3 Å².